The van der Waals surface area contributed by atoms with Crippen molar-refractivity contribution in [2.24, 2.45) is 0 Å². The van der Waals surface area contributed by atoms with Crippen LogP contribution in [0.3, 0.4) is 0 Å². The lowest BCUT2D eigenvalue weighted by atomic mass is 9.88. The number of aromatic nitrogens is 2. The Morgan fingerprint density at radius 3 is 3.19 bits per heavy atom. The fourth-order valence-corrected chi connectivity index (χ4v) is 2.80. The van der Waals surface area contributed by atoms with Crippen LogP contribution in [-0.4, -0.2) is 16.1 Å². The fourth-order valence-electron chi connectivity index (χ4n) is 2.80. The largest absolute Gasteiger partial charge is 0.355 e. The summed E-state index contributed by atoms with van der Waals surface area (Å²) < 4.78 is 1.81. The van der Waals surface area contributed by atoms with Gasteiger partial charge in [0.1, 0.15) is 0 Å². The zero-order chi connectivity index (χ0) is 11.1. The molecule has 0 saturated carbocycles. The van der Waals surface area contributed by atoms with Gasteiger partial charge in [0, 0.05) is 18.7 Å². The van der Waals surface area contributed by atoms with E-state index in [0.717, 1.165) is 56.0 Å². The van der Waals surface area contributed by atoms with Gasteiger partial charge in [-0.3, -0.25) is 9.36 Å². The Bertz CT molecular complexity index is 478. The molecule has 1 unspecified atom stereocenters. The van der Waals surface area contributed by atoms with Gasteiger partial charge in [0.15, 0.2) is 0 Å². The zero-order valence-corrected chi connectivity index (χ0v) is 9.62. The van der Waals surface area contributed by atoms with Gasteiger partial charge in [0.25, 0.3) is 5.56 Å². The maximum absolute atomic E-state index is 12.4. The van der Waals surface area contributed by atoms with Crippen LogP contribution in [0.2, 0.25) is 0 Å². The predicted molar refractivity (Wildman–Crippen MR) is 63.0 cm³/mol. The quantitative estimate of drug-likeness (QED) is 0.719. The molecule has 2 aliphatic rings. The van der Waals surface area contributed by atoms with E-state index in [0.29, 0.717) is 5.92 Å². The van der Waals surface area contributed by atoms with Crippen molar-refractivity contribution in [3.63, 3.8) is 0 Å². The molecule has 1 aromatic rings. The van der Waals surface area contributed by atoms with E-state index in [1.165, 1.54) is 0 Å². The number of anilines is 1. The standard InChI is InChI=1S/C12H17N3O/c1-8-4-2-5-9-10(8)11(16)15-7-3-6-13-12(15)14-9/h8H,2-7H2,1H3,(H,13,14). The topological polar surface area (TPSA) is 46.9 Å². The molecule has 4 nitrogen and oxygen atoms in total. The number of nitrogens with one attached hydrogen (secondary N) is 1. The average molecular weight is 219 g/mol. The summed E-state index contributed by atoms with van der Waals surface area (Å²) >= 11 is 0. The number of rotatable bonds is 0. The smallest absolute Gasteiger partial charge is 0.258 e. The number of hydrogen-bond donors (Lipinski definition) is 1. The Kier molecular flexibility index (Phi) is 2.23. The van der Waals surface area contributed by atoms with Gasteiger partial charge >= 0.3 is 0 Å². The van der Waals surface area contributed by atoms with Crippen molar-refractivity contribution in [3.05, 3.63) is 21.6 Å². The van der Waals surface area contributed by atoms with Gasteiger partial charge in [-0.05, 0) is 31.6 Å². The van der Waals surface area contributed by atoms with E-state index in [2.05, 4.69) is 17.2 Å². The highest BCUT2D eigenvalue weighted by Crippen LogP contribution is 2.28. The van der Waals surface area contributed by atoms with E-state index in [-0.39, 0.29) is 5.56 Å². The van der Waals surface area contributed by atoms with Crippen molar-refractivity contribution in [1.82, 2.24) is 9.55 Å². The SMILES string of the molecule is CC1CCCc2nc3n(c(=O)c21)CCCN3. The van der Waals surface area contributed by atoms with Gasteiger partial charge in [0.2, 0.25) is 5.95 Å². The van der Waals surface area contributed by atoms with Crippen LogP contribution >= 0.6 is 0 Å². The lowest BCUT2D eigenvalue weighted by molar-refractivity contribution is 0.530. The molecule has 3 rings (SSSR count). The highest BCUT2D eigenvalue weighted by atomic mass is 16.1. The van der Waals surface area contributed by atoms with Crippen LogP contribution in [0, 0.1) is 0 Å². The molecule has 1 aliphatic heterocycles. The van der Waals surface area contributed by atoms with Crippen LogP contribution in [0.1, 0.15) is 43.4 Å². The monoisotopic (exact) mass is 219 g/mol. The second kappa shape index (κ2) is 3.61. The first-order chi connectivity index (χ1) is 7.77. The number of fused-ring (bicyclic) bond motifs is 2. The van der Waals surface area contributed by atoms with E-state index < -0.39 is 0 Å². The van der Waals surface area contributed by atoms with E-state index >= 15 is 0 Å². The minimum Gasteiger partial charge on any atom is -0.355 e. The summed E-state index contributed by atoms with van der Waals surface area (Å²) in [7, 11) is 0. The van der Waals surface area contributed by atoms with Crippen molar-refractivity contribution in [1.29, 1.82) is 0 Å². The average Bonchev–Trinajstić information content (AvgIpc) is 2.29. The molecule has 2 heterocycles. The van der Waals surface area contributed by atoms with Crippen molar-refractivity contribution < 1.29 is 0 Å². The summed E-state index contributed by atoms with van der Waals surface area (Å²) in [6.07, 6.45) is 4.26. The molecule has 1 N–H and O–H groups in total. The second-order valence-electron chi connectivity index (χ2n) is 4.83. The van der Waals surface area contributed by atoms with Crippen molar-refractivity contribution in [3.8, 4) is 0 Å². The molecule has 0 radical (unpaired) electrons. The molecule has 4 heteroatoms. The third-order valence-corrected chi connectivity index (χ3v) is 3.67. The first kappa shape index (κ1) is 9.87. The Balaban J connectivity index is 2.22. The maximum atomic E-state index is 12.4. The van der Waals surface area contributed by atoms with Crippen LogP contribution in [-0.2, 0) is 13.0 Å². The van der Waals surface area contributed by atoms with Gasteiger partial charge in [-0.1, -0.05) is 6.92 Å². The van der Waals surface area contributed by atoms with Gasteiger partial charge in [0.05, 0.1) is 5.69 Å². The fraction of sp³-hybridized carbons (Fsp3) is 0.667. The summed E-state index contributed by atoms with van der Waals surface area (Å²) in [4.78, 5) is 17.0. The summed E-state index contributed by atoms with van der Waals surface area (Å²) in [6.45, 7) is 3.89. The third kappa shape index (κ3) is 1.36. The minimum absolute atomic E-state index is 0.194. The van der Waals surface area contributed by atoms with E-state index in [1.807, 2.05) is 4.57 Å². The summed E-state index contributed by atoms with van der Waals surface area (Å²) in [6, 6.07) is 0. The van der Waals surface area contributed by atoms with Gasteiger partial charge in [-0.2, -0.15) is 0 Å². The molecule has 0 aromatic carbocycles. The maximum Gasteiger partial charge on any atom is 0.258 e. The molecule has 16 heavy (non-hydrogen) atoms. The number of nitrogens with zero attached hydrogens (tertiary/aromatic N) is 2. The van der Waals surface area contributed by atoms with E-state index in [4.69, 9.17) is 0 Å². The molecule has 0 fully saturated rings. The van der Waals surface area contributed by atoms with Crippen LogP contribution < -0.4 is 10.9 Å². The Morgan fingerprint density at radius 1 is 1.44 bits per heavy atom. The highest BCUT2D eigenvalue weighted by molar-refractivity contribution is 5.35. The molecular formula is C12H17N3O. The Labute approximate surface area is 94.7 Å². The first-order valence-corrected chi connectivity index (χ1v) is 6.15. The molecule has 86 valence electrons. The van der Waals surface area contributed by atoms with Crippen molar-refractivity contribution >= 4 is 5.95 Å². The van der Waals surface area contributed by atoms with Crippen molar-refractivity contribution in [2.75, 3.05) is 11.9 Å². The summed E-state index contributed by atoms with van der Waals surface area (Å²) in [5.41, 5.74) is 2.20. The first-order valence-electron chi connectivity index (χ1n) is 6.15. The molecule has 1 aliphatic carbocycles. The normalized spacial score (nSPS) is 23.2. The third-order valence-electron chi connectivity index (χ3n) is 3.67. The zero-order valence-electron chi connectivity index (χ0n) is 9.62. The minimum atomic E-state index is 0.194. The van der Waals surface area contributed by atoms with E-state index in [1.54, 1.807) is 0 Å². The molecule has 0 bridgehead atoms. The van der Waals surface area contributed by atoms with Gasteiger partial charge in [-0.15, -0.1) is 0 Å². The molecule has 0 saturated heterocycles. The van der Waals surface area contributed by atoms with Gasteiger partial charge < -0.3 is 5.32 Å². The van der Waals surface area contributed by atoms with Crippen molar-refractivity contribution in [2.45, 2.75) is 45.1 Å². The lowest BCUT2D eigenvalue weighted by Gasteiger charge is -2.26. The van der Waals surface area contributed by atoms with Crippen LogP contribution in [0.25, 0.3) is 0 Å². The number of aryl methyl sites for hydroxylation is 1. The molecule has 0 spiro atoms. The molecule has 0 amide bonds. The van der Waals surface area contributed by atoms with Crippen LogP contribution in [0.4, 0.5) is 5.95 Å². The summed E-state index contributed by atoms with van der Waals surface area (Å²) in [5.74, 6) is 1.16. The Hall–Kier alpha value is -1.32. The number of hydrogen-bond acceptors (Lipinski definition) is 3. The molecular weight excluding hydrogens is 202 g/mol. The predicted octanol–water partition coefficient (Wildman–Crippen LogP) is 1.50. The molecule has 1 aromatic heterocycles. The van der Waals surface area contributed by atoms with Crippen LogP contribution in [0.5, 0.6) is 0 Å². The Morgan fingerprint density at radius 2 is 2.31 bits per heavy atom. The van der Waals surface area contributed by atoms with E-state index in [9.17, 15) is 4.79 Å². The van der Waals surface area contributed by atoms with Crippen LogP contribution in [0.15, 0.2) is 4.79 Å². The lowest BCUT2D eigenvalue weighted by Crippen LogP contribution is -2.35. The van der Waals surface area contributed by atoms with Gasteiger partial charge in [-0.25, -0.2) is 4.98 Å². The highest BCUT2D eigenvalue weighted by Gasteiger charge is 2.25. The second-order valence-corrected chi connectivity index (χ2v) is 4.83. The summed E-state index contributed by atoms with van der Waals surface area (Å²) in [5, 5.41) is 3.22. The molecule has 1 atom stereocenters.